The van der Waals surface area contributed by atoms with Gasteiger partial charge in [-0.1, -0.05) is 96.7 Å². The molecule has 0 unspecified atom stereocenters. The summed E-state index contributed by atoms with van der Waals surface area (Å²) in [4.78, 5) is 2.54. The van der Waals surface area contributed by atoms with E-state index in [0.29, 0.717) is 0 Å². The molecule has 0 saturated carbocycles. The van der Waals surface area contributed by atoms with Gasteiger partial charge < -0.3 is 0 Å². The average Bonchev–Trinajstić information content (AvgIpc) is 3.63. The number of rotatable bonds is 11. The number of halogens is 20. The lowest BCUT2D eigenvalue weighted by atomic mass is 9.12. The maximum atomic E-state index is 15.4. The van der Waals surface area contributed by atoms with Gasteiger partial charge in [-0.05, 0) is 66.2 Å². The molecular weight excluding hydrogens is 1110 g/mol. The Morgan fingerprint density at radius 2 is 0.449 bits per heavy atom. The van der Waals surface area contributed by atoms with Crippen LogP contribution in [0.3, 0.4) is 0 Å². The van der Waals surface area contributed by atoms with Crippen LogP contribution in [0.4, 0.5) is 87.8 Å². The van der Waals surface area contributed by atoms with Crippen LogP contribution in [0.1, 0.15) is 5.56 Å². The van der Waals surface area contributed by atoms with Crippen LogP contribution < -0.4 is 37.8 Å². The van der Waals surface area contributed by atoms with Gasteiger partial charge in [0.05, 0.1) is 6.16 Å². The molecule has 23 heteroatoms. The Bertz CT molecular complexity index is 3250. The number of hydrogen-bond acceptors (Lipinski definition) is 1. The summed E-state index contributed by atoms with van der Waals surface area (Å²) in [6, 6.07) is 53.0. The molecule has 0 amide bonds. The van der Waals surface area contributed by atoms with E-state index in [1.165, 1.54) is 31.3 Å². The second-order valence-corrected chi connectivity index (χ2v) is 21.5. The lowest BCUT2D eigenvalue weighted by molar-refractivity contribution is 0.378. The van der Waals surface area contributed by atoms with Crippen molar-refractivity contribution < 1.29 is 87.8 Å². The van der Waals surface area contributed by atoms with Gasteiger partial charge in [-0.3, -0.25) is 0 Å². The summed E-state index contributed by atoms with van der Waals surface area (Å²) >= 11 is 1.81. The summed E-state index contributed by atoms with van der Waals surface area (Å²) in [5, 5.41) is 4.26. The van der Waals surface area contributed by atoms with E-state index in [1.54, 1.807) is 0 Å². The molecule has 0 fully saturated rings. The summed E-state index contributed by atoms with van der Waals surface area (Å²) < 4.78 is 294. The van der Waals surface area contributed by atoms with Crippen LogP contribution in [-0.2, 0) is 6.16 Å². The van der Waals surface area contributed by atoms with Crippen molar-refractivity contribution in [3.63, 3.8) is 0 Å². The first-order valence-corrected chi connectivity index (χ1v) is 24.9. The van der Waals surface area contributed by atoms with E-state index in [4.69, 9.17) is 0 Å². The molecular formula is C55H26BF20PS. The van der Waals surface area contributed by atoms with Crippen LogP contribution >= 0.6 is 19.0 Å². The van der Waals surface area contributed by atoms with E-state index in [-0.39, 0.29) is 0 Å². The van der Waals surface area contributed by atoms with Gasteiger partial charge in [-0.25, -0.2) is 87.8 Å². The molecule has 9 aromatic carbocycles. The lowest BCUT2D eigenvalue weighted by Crippen LogP contribution is -2.81. The molecule has 0 bridgehead atoms. The summed E-state index contributed by atoms with van der Waals surface area (Å²) in [7, 11) is -1.86. The first kappa shape index (κ1) is 56.6. The van der Waals surface area contributed by atoms with E-state index in [9.17, 15) is 52.7 Å². The summed E-state index contributed by atoms with van der Waals surface area (Å²) in [6.45, 7) is 0. The molecule has 0 aliphatic heterocycles. The molecule has 0 radical (unpaired) electrons. The molecule has 0 aromatic heterocycles. The van der Waals surface area contributed by atoms with Crippen molar-refractivity contribution in [1.29, 1.82) is 0 Å². The van der Waals surface area contributed by atoms with Crippen molar-refractivity contribution in [3.05, 3.63) is 268 Å². The predicted molar refractivity (Wildman–Crippen MR) is 255 cm³/mol. The van der Waals surface area contributed by atoms with E-state index in [1.807, 2.05) is 11.8 Å². The zero-order valence-electron chi connectivity index (χ0n) is 38.6. The summed E-state index contributed by atoms with van der Waals surface area (Å²) in [5.74, 6) is -71.4. The Balaban J connectivity index is 0.000000215. The minimum absolute atomic E-state index is 1.00. The van der Waals surface area contributed by atoms with Gasteiger partial charge in [0, 0.05) is 9.79 Å². The highest BCUT2D eigenvalue weighted by atomic mass is 32.2. The Hall–Kier alpha value is -7.58. The van der Waals surface area contributed by atoms with Crippen molar-refractivity contribution in [2.75, 3.05) is 0 Å². The molecule has 9 aromatic rings. The fourth-order valence-corrected chi connectivity index (χ4v) is 14.3. The monoisotopic (exact) mass is 1140 g/mol. The zero-order chi connectivity index (χ0) is 56.7. The zero-order valence-corrected chi connectivity index (χ0v) is 40.3. The number of benzene rings is 9. The molecule has 400 valence electrons. The van der Waals surface area contributed by atoms with Crippen molar-refractivity contribution >= 4 is 62.9 Å². The Kier molecular flexibility index (Phi) is 16.3. The van der Waals surface area contributed by atoms with E-state index < -0.39 is 152 Å². The molecule has 0 saturated heterocycles. The predicted octanol–water partition coefficient (Wildman–Crippen LogP) is 13.2. The van der Waals surface area contributed by atoms with Crippen molar-refractivity contribution in [2.45, 2.75) is 16.0 Å². The van der Waals surface area contributed by atoms with Gasteiger partial charge in [-0.15, -0.1) is 21.9 Å². The third-order valence-electron chi connectivity index (χ3n) is 12.6. The maximum Gasteiger partial charge on any atom is 0.200 e. The summed E-state index contributed by atoms with van der Waals surface area (Å²) in [6.07, 6.45) is -6.22. The minimum atomic E-state index is -7.22. The molecule has 78 heavy (non-hydrogen) atoms. The minimum Gasteiger partial charge on any atom is -0.207 e. The van der Waals surface area contributed by atoms with E-state index in [0.717, 1.165) is 6.16 Å². The van der Waals surface area contributed by atoms with Crippen molar-refractivity contribution in [2.24, 2.45) is 0 Å². The molecule has 0 spiro atoms. The Morgan fingerprint density at radius 3 is 0.692 bits per heavy atom. The van der Waals surface area contributed by atoms with Crippen LogP contribution in [0.5, 0.6) is 0 Å². The Morgan fingerprint density at radius 1 is 0.244 bits per heavy atom. The van der Waals surface area contributed by atoms with E-state index in [2.05, 4.69) is 146 Å². The average molecular weight is 1140 g/mol. The van der Waals surface area contributed by atoms with Gasteiger partial charge in [-0.2, -0.15) is 0 Å². The fraction of sp³-hybridized carbons (Fsp3) is 0.0182. The second kappa shape index (κ2) is 22.4. The second-order valence-electron chi connectivity index (χ2n) is 16.8. The quantitative estimate of drug-likeness (QED) is 0.0409. The molecule has 0 nitrogen and oxygen atoms in total. The Labute approximate surface area is 432 Å². The first-order valence-electron chi connectivity index (χ1n) is 22.1. The standard InChI is InChI=1S/C31H26PS.C24BF20/c1-5-13-27(14-6-1)32(28-15-7-2-8-16-28,29-17-9-3-10-18-29)25-26-21-23-31(24-22-26)33-30-19-11-4-12-20-30;26-5-1(6(27)14(35)21(42)13(5)34)25(2-7(28)15(36)22(43)16(37)8(2)29,3-9(30)17(38)23(44)18(39)10(3)31)4-11(32)19(40)24(45)20(41)12(4)33/h1-24H,25H2;/q+1;-1. The van der Waals surface area contributed by atoms with Gasteiger partial charge in [0.15, 0.2) is 69.8 Å². The SMILES string of the molecule is Fc1c(F)c(F)c([B-](c2c(F)c(F)c(F)c(F)c2F)(c2c(F)c(F)c(F)c(F)c2F)c2c(F)c(F)c(F)c(F)c2F)c(F)c1F.c1ccc(Sc2ccc(C[P+](c3ccccc3)(c3ccccc3)c3ccccc3)cc2)cc1. The van der Waals surface area contributed by atoms with Gasteiger partial charge in [0.2, 0.25) is 0 Å². The largest absolute Gasteiger partial charge is 0.207 e. The highest BCUT2D eigenvalue weighted by Gasteiger charge is 2.52. The number of hydrogen-bond donors (Lipinski definition) is 0. The topological polar surface area (TPSA) is 0 Å². The van der Waals surface area contributed by atoms with Crippen LogP contribution in [0.2, 0.25) is 0 Å². The molecule has 0 atom stereocenters. The smallest absolute Gasteiger partial charge is 0.200 e. The third-order valence-corrected chi connectivity index (χ3v) is 18.0. The van der Waals surface area contributed by atoms with Crippen molar-refractivity contribution in [3.8, 4) is 0 Å². The molecule has 9 rings (SSSR count). The van der Waals surface area contributed by atoms with Crippen molar-refractivity contribution in [1.82, 2.24) is 0 Å². The van der Waals surface area contributed by atoms with Crippen LogP contribution in [0.15, 0.2) is 155 Å². The lowest BCUT2D eigenvalue weighted by Gasteiger charge is -2.44. The van der Waals surface area contributed by atoms with Gasteiger partial charge in [0.1, 0.15) is 75.9 Å². The van der Waals surface area contributed by atoms with Crippen LogP contribution in [0, 0.1) is 116 Å². The molecule has 0 N–H and O–H groups in total. The highest BCUT2D eigenvalue weighted by Crippen LogP contribution is 2.58. The normalized spacial score (nSPS) is 11.7. The molecule has 0 heterocycles. The van der Waals surface area contributed by atoms with Gasteiger partial charge in [0.25, 0.3) is 0 Å². The van der Waals surface area contributed by atoms with Gasteiger partial charge >= 0.3 is 0 Å². The molecule has 0 aliphatic rings. The highest BCUT2D eigenvalue weighted by molar-refractivity contribution is 7.99. The summed E-state index contributed by atoms with van der Waals surface area (Å²) in [5.41, 5.74) is -13.0. The fourth-order valence-electron chi connectivity index (χ4n) is 9.20. The molecule has 0 aliphatic carbocycles. The van der Waals surface area contributed by atoms with E-state index >= 15 is 35.1 Å². The first-order chi connectivity index (χ1) is 37.0. The third kappa shape index (κ3) is 9.45. The van der Waals surface area contributed by atoms with Crippen LogP contribution in [-0.4, -0.2) is 6.15 Å². The van der Waals surface area contributed by atoms with Crippen LogP contribution in [0.25, 0.3) is 0 Å². The maximum absolute atomic E-state index is 15.4.